The Labute approximate surface area is 104 Å². The van der Waals surface area contributed by atoms with Crippen molar-refractivity contribution in [3.63, 3.8) is 0 Å². The van der Waals surface area contributed by atoms with Crippen LogP contribution < -0.4 is 5.73 Å². The molecular weight excluding hydrogens is 218 g/mol. The highest BCUT2D eigenvalue weighted by molar-refractivity contribution is 4.88. The Bertz CT molecular complexity index is 203. The van der Waals surface area contributed by atoms with Crippen molar-refractivity contribution in [1.82, 2.24) is 0 Å². The molecule has 102 valence electrons. The second kappa shape index (κ2) is 7.31. The first-order valence-electron chi connectivity index (χ1n) is 6.78. The summed E-state index contributed by atoms with van der Waals surface area (Å²) in [6, 6.07) is 0. The van der Waals surface area contributed by atoms with E-state index in [1.54, 1.807) is 0 Å². The molecule has 0 heterocycles. The summed E-state index contributed by atoms with van der Waals surface area (Å²) < 4.78 is 5.76. The van der Waals surface area contributed by atoms with E-state index < -0.39 is 6.10 Å². The number of rotatable bonds is 7. The van der Waals surface area contributed by atoms with Crippen molar-refractivity contribution < 1.29 is 14.9 Å². The number of ether oxygens (including phenoxy) is 1. The van der Waals surface area contributed by atoms with Crippen molar-refractivity contribution in [3.05, 3.63) is 0 Å². The molecule has 1 atom stereocenters. The summed E-state index contributed by atoms with van der Waals surface area (Å²) in [7, 11) is 0. The van der Waals surface area contributed by atoms with Gasteiger partial charge in [-0.3, -0.25) is 0 Å². The number of aliphatic hydroxyl groups excluding tert-OH is 2. The van der Waals surface area contributed by atoms with Gasteiger partial charge in [0.15, 0.2) is 0 Å². The second-order valence-corrected chi connectivity index (χ2v) is 5.27. The van der Waals surface area contributed by atoms with Crippen LogP contribution in [0.1, 0.15) is 45.4 Å². The third-order valence-electron chi connectivity index (χ3n) is 3.88. The van der Waals surface area contributed by atoms with Crippen LogP contribution in [0, 0.1) is 5.92 Å². The molecule has 0 amide bonds. The highest BCUT2D eigenvalue weighted by atomic mass is 16.5. The Kier molecular flexibility index (Phi) is 6.41. The molecule has 0 saturated heterocycles. The Morgan fingerprint density at radius 1 is 1.41 bits per heavy atom. The third kappa shape index (κ3) is 4.54. The van der Waals surface area contributed by atoms with Gasteiger partial charge in [-0.1, -0.05) is 19.8 Å². The highest BCUT2D eigenvalue weighted by Gasteiger charge is 2.35. The first-order valence-corrected chi connectivity index (χ1v) is 6.78. The zero-order valence-corrected chi connectivity index (χ0v) is 10.9. The van der Waals surface area contributed by atoms with Crippen LogP contribution in [0.5, 0.6) is 0 Å². The molecule has 4 N–H and O–H groups in total. The summed E-state index contributed by atoms with van der Waals surface area (Å²) in [5.74, 6) is 0.811. The monoisotopic (exact) mass is 245 g/mol. The molecular formula is C13H27NO3. The molecule has 1 aliphatic rings. The Balaban J connectivity index is 2.38. The van der Waals surface area contributed by atoms with Gasteiger partial charge in [0, 0.05) is 6.54 Å². The summed E-state index contributed by atoms with van der Waals surface area (Å²) in [4.78, 5) is 0. The van der Waals surface area contributed by atoms with Gasteiger partial charge < -0.3 is 20.7 Å². The quantitative estimate of drug-likeness (QED) is 0.626. The van der Waals surface area contributed by atoms with Crippen molar-refractivity contribution >= 4 is 0 Å². The summed E-state index contributed by atoms with van der Waals surface area (Å²) in [6.07, 6.45) is 6.04. The molecule has 1 rings (SSSR count). The van der Waals surface area contributed by atoms with E-state index in [0.29, 0.717) is 6.54 Å². The smallest absolute Gasteiger partial charge is 0.100 e. The predicted molar refractivity (Wildman–Crippen MR) is 67.7 cm³/mol. The van der Waals surface area contributed by atoms with E-state index >= 15 is 0 Å². The summed E-state index contributed by atoms with van der Waals surface area (Å²) >= 11 is 0. The molecule has 0 radical (unpaired) electrons. The van der Waals surface area contributed by atoms with E-state index in [0.717, 1.165) is 18.8 Å². The predicted octanol–water partition coefficient (Wildman–Crippen LogP) is 1.04. The molecule has 1 saturated carbocycles. The van der Waals surface area contributed by atoms with Crippen LogP contribution in [0.4, 0.5) is 0 Å². The number of hydrogen-bond donors (Lipinski definition) is 3. The molecule has 0 spiro atoms. The molecule has 0 bridgehead atoms. The van der Waals surface area contributed by atoms with Gasteiger partial charge in [-0.2, -0.15) is 0 Å². The molecule has 1 fully saturated rings. The second-order valence-electron chi connectivity index (χ2n) is 5.27. The normalized spacial score (nSPS) is 31.4. The third-order valence-corrected chi connectivity index (χ3v) is 3.88. The van der Waals surface area contributed by atoms with E-state index in [1.165, 1.54) is 25.7 Å². The number of nitrogens with two attached hydrogens (primary N) is 1. The standard InChI is InChI=1S/C13H27NO3/c1-2-3-11-4-6-13(10-14,7-5-11)17-9-12(16)8-15/h11-12,15-16H,2-10,14H2,1H3. The van der Waals surface area contributed by atoms with Crippen LogP contribution in [-0.2, 0) is 4.74 Å². The maximum absolute atomic E-state index is 9.32. The zero-order valence-electron chi connectivity index (χ0n) is 10.9. The van der Waals surface area contributed by atoms with Crippen molar-refractivity contribution in [3.8, 4) is 0 Å². The van der Waals surface area contributed by atoms with E-state index in [9.17, 15) is 5.11 Å². The minimum absolute atomic E-state index is 0.187. The largest absolute Gasteiger partial charge is 0.394 e. The Morgan fingerprint density at radius 2 is 2.06 bits per heavy atom. The molecule has 4 heteroatoms. The van der Waals surface area contributed by atoms with E-state index in [1.807, 2.05) is 0 Å². The molecule has 0 aromatic rings. The maximum Gasteiger partial charge on any atom is 0.100 e. The minimum atomic E-state index is -0.785. The fourth-order valence-electron chi connectivity index (χ4n) is 2.63. The zero-order chi connectivity index (χ0) is 12.7. The SMILES string of the molecule is CCCC1CCC(CN)(OCC(O)CO)CC1. The van der Waals surface area contributed by atoms with Crippen molar-refractivity contribution in [2.45, 2.75) is 57.2 Å². The minimum Gasteiger partial charge on any atom is -0.394 e. The van der Waals surface area contributed by atoms with Crippen LogP contribution in [0.3, 0.4) is 0 Å². The topological polar surface area (TPSA) is 75.7 Å². The molecule has 17 heavy (non-hydrogen) atoms. The van der Waals surface area contributed by atoms with Crippen LogP contribution in [0.25, 0.3) is 0 Å². The van der Waals surface area contributed by atoms with E-state index in [4.69, 9.17) is 15.6 Å². The van der Waals surface area contributed by atoms with Gasteiger partial charge in [-0.05, 0) is 31.6 Å². The van der Waals surface area contributed by atoms with Crippen molar-refractivity contribution in [2.24, 2.45) is 11.7 Å². The van der Waals surface area contributed by atoms with Gasteiger partial charge in [0.25, 0.3) is 0 Å². The average Bonchev–Trinajstić information content (AvgIpc) is 2.38. The highest BCUT2D eigenvalue weighted by Crippen LogP contribution is 2.36. The lowest BCUT2D eigenvalue weighted by Gasteiger charge is -2.39. The lowest BCUT2D eigenvalue weighted by atomic mass is 9.77. The number of hydrogen-bond acceptors (Lipinski definition) is 4. The lowest BCUT2D eigenvalue weighted by molar-refractivity contribution is -0.106. The van der Waals surface area contributed by atoms with Gasteiger partial charge in [0.1, 0.15) is 6.10 Å². The fraction of sp³-hybridized carbons (Fsp3) is 1.00. The maximum atomic E-state index is 9.32. The average molecular weight is 245 g/mol. The van der Waals surface area contributed by atoms with Gasteiger partial charge in [0.2, 0.25) is 0 Å². The van der Waals surface area contributed by atoms with E-state index in [2.05, 4.69) is 6.92 Å². The Morgan fingerprint density at radius 3 is 2.53 bits per heavy atom. The van der Waals surface area contributed by atoms with Crippen molar-refractivity contribution in [2.75, 3.05) is 19.8 Å². The molecule has 0 aromatic heterocycles. The van der Waals surface area contributed by atoms with E-state index in [-0.39, 0.29) is 18.8 Å². The summed E-state index contributed by atoms with van der Waals surface area (Å²) in [5, 5.41) is 18.1. The van der Waals surface area contributed by atoms with Gasteiger partial charge >= 0.3 is 0 Å². The molecule has 0 aliphatic heterocycles. The summed E-state index contributed by atoms with van der Waals surface area (Å²) in [6.45, 7) is 2.66. The van der Waals surface area contributed by atoms with Gasteiger partial charge in [0.05, 0.1) is 18.8 Å². The summed E-state index contributed by atoms with van der Waals surface area (Å²) in [5.41, 5.74) is 5.55. The van der Waals surface area contributed by atoms with Crippen molar-refractivity contribution in [1.29, 1.82) is 0 Å². The first kappa shape index (κ1) is 14.9. The van der Waals surface area contributed by atoms with Crippen LogP contribution in [0.15, 0.2) is 0 Å². The molecule has 1 unspecified atom stereocenters. The van der Waals surface area contributed by atoms with Crippen LogP contribution >= 0.6 is 0 Å². The van der Waals surface area contributed by atoms with Gasteiger partial charge in [-0.25, -0.2) is 0 Å². The van der Waals surface area contributed by atoms with Gasteiger partial charge in [-0.15, -0.1) is 0 Å². The molecule has 1 aliphatic carbocycles. The Hall–Kier alpha value is -0.160. The fourth-order valence-corrected chi connectivity index (χ4v) is 2.63. The first-order chi connectivity index (χ1) is 8.15. The molecule has 0 aromatic carbocycles. The molecule has 4 nitrogen and oxygen atoms in total. The lowest BCUT2D eigenvalue weighted by Crippen LogP contribution is -2.45. The number of aliphatic hydroxyl groups is 2. The van der Waals surface area contributed by atoms with Crippen LogP contribution in [-0.4, -0.2) is 41.7 Å². The van der Waals surface area contributed by atoms with Crippen LogP contribution in [0.2, 0.25) is 0 Å².